The van der Waals surface area contributed by atoms with E-state index in [4.69, 9.17) is 4.43 Å². The first-order valence-corrected chi connectivity index (χ1v) is 9.36. The minimum absolute atomic E-state index is 0.339. The molecule has 0 aliphatic rings. The summed E-state index contributed by atoms with van der Waals surface area (Å²) in [5, 5.41) is 0.339. The molecular weight excluding hydrogens is 303 g/mol. The second-order valence-corrected chi connectivity index (χ2v) is 10.6. The van der Waals surface area contributed by atoms with Crippen molar-refractivity contribution < 1.29 is 4.43 Å². The standard InChI is InChI=1S/C11H23IOSi/c1-11(2,3)14(4,5)13-10-8-6-7-9-12/h7,9H,6,8,10H2,1-5H3/b9-7-. The molecule has 0 rings (SSSR count). The van der Waals surface area contributed by atoms with Crippen molar-refractivity contribution in [1.29, 1.82) is 0 Å². The van der Waals surface area contributed by atoms with Crippen molar-refractivity contribution in [3.63, 3.8) is 0 Å². The Hall–Kier alpha value is 0.647. The van der Waals surface area contributed by atoms with E-state index in [1.165, 1.54) is 0 Å². The molecule has 0 spiro atoms. The average Bonchev–Trinajstić information content (AvgIpc) is 2.02. The van der Waals surface area contributed by atoms with Gasteiger partial charge < -0.3 is 4.43 Å². The fraction of sp³-hybridized carbons (Fsp3) is 0.818. The lowest BCUT2D eigenvalue weighted by molar-refractivity contribution is 0.283. The molecule has 84 valence electrons. The fourth-order valence-corrected chi connectivity index (χ4v) is 2.26. The molecule has 0 bridgehead atoms. The third kappa shape index (κ3) is 5.51. The van der Waals surface area contributed by atoms with Crippen LogP contribution in [0.5, 0.6) is 0 Å². The zero-order valence-electron chi connectivity index (χ0n) is 10.1. The Morgan fingerprint density at radius 3 is 2.29 bits per heavy atom. The van der Waals surface area contributed by atoms with E-state index < -0.39 is 8.32 Å². The maximum atomic E-state index is 6.04. The summed E-state index contributed by atoms with van der Waals surface area (Å²) in [6.07, 6.45) is 4.47. The van der Waals surface area contributed by atoms with Crippen LogP contribution in [0.1, 0.15) is 33.6 Å². The normalized spacial score (nSPS) is 13.9. The van der Waals surface area contributed by atoms with Gasteiger partial charge in [-0.05, 0) is 35.1 Å². The highest BCUT2D eigenvalue weighted by Crippen LogP contribution is 2.36. The quantitative estimate of drug-likeness (QED) is 0.403. The summed E-state index contributed by atoms with van der Waals surface area (Å²) < 4.78 is 8.12. The van der Waals surface area contributed by atoms with Gasteiger partial charge in [-0.15, -0.1) is 0 Å². The van der Waals surface area contributed by atoms with Crippen LogP contribution < -0.4 is 0 Å². The molecule has 0 aliphatic carbocycles. The van der Waals surface area contributed by atoms with Crippen LogP contribution in [0.2, 0.25) is 18.1 Å². The van der Waals surface area contributed by atoms with Crippen LogP contribution in [-0.4, -0.2) is 14.9 Å². The van der Waals surface area contributed by atoms with Crippen LogP contribution in [0.3, 0.4) is 0 Å². The van der Waals surface area contributed by atoms with E-state index in [1.807, 2.05) is 0 Å². The van der Waals surface area contributed by atoms with Gasteiger partial charge in [0.2, 0.25) is 0 Å². The lowest BCUT2D eigenvalue weighted by Gasteiger charge is -2.36. The minimum atomic E-state index is -1.49. The van der Waals surface area contributed by atoms with Crippen molar-refractivity contribution in [2.45, 2.75) is 51.7 Å². The molecular formula is C11H23IOSi. The molecule has 1 nitrogen and oxygen atoms in total. The summed E-state index contributed by atoms with van der Waals surface area (Å²) in [4.78, 5) is 0. The van der Waals surface area contributed by atoms with Crippen LogP contribution in [-0.2, 0) is 4.43 Å². The van der Waals surface area contributed by atoms with Crippen LogP contribution in [0.25, 0.3) is 0 Å². The van der Waals surface area contributed by atoms with Crippen LogP contribution in [0.15, 0.2) is 10.2 Å². The van der Waals surface area contributed by atoms with Gasteiger partial charge >= 0.3 is 0 Å². The largest absolute Gasteiger partial charge is 0.417 e. The molecule has 0 N–H and O–H groups in total. The lowest BCUT2D eigenvalue weighted by atomic mass is 10.2. The third-order valence-corrected chi connectivity index (χ3v) is 7.92. The van der Waals surface area contributed by atoms with Gasteiger partial charge in [0.05, 0.1) is 0 Å². The molecule has 0 saturated heterocycles. The van der Waals surface area contributed by atoms with Crippen molar-refractivity contribution in [2.24, 2.45) is 0 Å². The van der Waals surface area contributed by atoms with Crippen molar-refractivity contribution in [2.75, 3.05) is 6.61 Å². The van der Waals surface area contributed by atoms with Crippen LogP contribution >= 0.6 is 22.6 Å². The van der Waals surface area contributed by atoms with Crippen LogP contribution in [0, 0.1) is 0 Å². The van der Waals surface area contributed by atoms with Gasteiger partial charge in [0.25, 0.3) is 0 Å². The predicted molar refractivity (Wildman–Crippen MR) is 75.5 cm³/mol. The number of hydrogen-bond acceptors (Lipinski definition) is 1. The number of halogens is 1. The monoisotopic (exact) mass is 326 g/mol. The number of unbranched alkanes of at least 4 members (excludes halogenated alkanes) is 1. The Bertz CT molecular complexity index is 182. The summed E-state index contributed by atoms with van der Waals surface area (Å²) >= 11 is 2.26. The lowest BCUT2D eigenvalue weighted by Crippen LogP contribution is -2.40. The van der Waals surface area contributed by atoms with Gasteiger partial charge in [0.1, 0.15) is 0 Å². The molecule has 0 aromatic heterocycles. The van der Waals surface area contributed by atoms with Crippen molar-refractivity contribution in [1.82, 2.24) is 0 Å². The summed E-state index contributed by atoms with van der Waals surface area (Å²) in [5.74, 6) is 0. The zero-order chi connectivity index (χ0) is 11.2. The molecule has 0 radical (unpaired) electrons. The van der Waals surface area contributed by atoms with E-state index in [0.29, 0.717) is 5.04 Å². The topological polar surface area (TPSA) is 9.23 Å². The summed E-state index contributed by atoms with van der Waals surface area (Å²) in [6.45, 7) is 12.4. The molecule has 0 saturated carbocycles. The van der Waals surface area contributed by atoms with Gasteiger partial charge in [-0.2, -0.15) is 0 Å². The maximum absolute atomic E-state index is 6.04. The minimum Gasteiger partial charge on any atom is -0.417 e. The first-order valence-electron chi connectivity index (χ1n) is 5.20. The maximum Gasteiger partial charge on any atom is 0.191 e. The van der Waals surface area contributed by atoms with E-state index in [-0.39, 0.29) is 0 Å². The first kappa shape index (κ1) is 14.6. The molecule has 0 aromatic carbocycles. The number of allylic oxidation sites excluding steroid dienone is 1. The Labute approximate surface area is 104 Å². The summed E-state index contributed by atoms with van der Waals surface area (Å²) in [6, 6.07) is 0. The van der Waals surface area contributed by atoms with Gasteiger partial charge in [0, 0.05) is 6.61 Å². The molecule has 0 fully saturated rings. The highest BCUT2D eigenvalue weighted by atomic mass is 127. The average molecular weight is 326 g/mol. The molecule has 0 amide bonds. The van der Waals surface area contributed by atoms with Gasteiger partial charge in [-0.1, -0.05) is 49.4 Å². The van der Waals surface area contributed by atoms with E-state index in [0.717, 1.165) is 19.4 Å². The Morgan fingerprint density at radius 2 is 1.86 bits per heavy atom. The van der Waals surface area contributed by atoms with E-state index in [1.54, 1.807) is 0 Å². The molecule has 0 heterocycles. The van der Waals surface area contributed by atoms with E-state index in [9.17, 15) is 0 Å². The Balaban J connectivity index is 3.77. The first-order chi connectivity index (χ1) is 6.31. The Kier molecular flexibility index (Phi) is 6.57. The zero-order valence-corrected chi connectivity index (χ0v) is 13.2. The van der Waals surface area contributed by atoms with E-state index >= 15 is 0 Å². The Morgan fingerprint density at radius 1 is 1.29 bits per heavy atom. The van der Waals surface area contributed by atoms with Gasteiger partial charge in [-0.3, -0.25) is 0 Å². The highest BCUT2D eigenvalue weighted by Gasteiger charge is 2.36. The highest BCUT2D eigenvalue weighted by molar-refractivity contribution is 14.1. The SMILES string of the molecule is CC(C)(C)[Si](C)(C)OCCC/C=C\I. The van der Waals surface area contributed by atoms with Gasteiger partial charge in [-0.25, -0.2) is 0 Å². The third-order valence-electron chi connectivity index (χ3n) is 2.87. The number of hydrogen-bond donors (Lipinski definition) is 0. The predicted octanol–water partition coefficient (Wildman–Crippen LogP) is 4.74. The second kappa shape index (κ2) is 6.28. The van der Waals surface area contributed by atoms with Crippen molar-refractivity contribution >= 4 is 30.9 Å². The molecule has 0 atom stereocenters. The second-order valence-electron chi connectivity index (χ2n) is 5.11. The van der Waals surface area contributed by atoms with Gasteiger partial charge in [0.15, 0.2) is 8.32 Å². The smallest absolute Gasteiger partial charge is 0.191 e. The molecule has 3 heteroatoms. The fourth-order valence-electron chi connectivity index (χ4n) is 0.808. The van der Waals surface area contributed by atoms with Crippen molar-refractivity contribution in [3.05, 3.63) is 10.2 Å². The molecule has 14 heavy (non-hydrogen) atoms. The summed E-state index contributed by atoms with van der Waals surface area (Å²) in [7, 11) is -1.49. The van der Waals surface area contributed by atoms with E-state index in [2.05, 4.69) is 66.6 Å². The number of rotatable bonds is 5. The molecule has 0 aromatic rings. The molecule has 0 unspecified atom stereocenters. The molecule has 0 aliphatic heterocycles. The van der Waals surface area contributed by atoms with Crippen molar-refractivity contribution in [3.8, 4) is 0 Å². The summed E-state index contributed by atoms with van der Waals surface area (Å²) in [5.41, 5.74) is 0. The van der Waals surface area contributed by atoms with Crippen LogP contribution in [0.4, 0.5) is 0 Å².